The second kappa shape index (κ2) is 6.30. The molecule has 2 rings (SSSR count). The fourth-order valence-corrected chi connectivity index (χ4v) is 2.09. The van der Waals surface area contributed by atoms with Gasteiger partial charge in [0.1, 0.15) is 6.04 Å². The molecular formula is C15H17N3O4. The van der Waals surface area contributed by atoms with E-state index in [-0.39, 0.29) is 0 Å². The molecular weight excluding hydrogens is 286 g/mol. The summed E-state index contributed by atoms with van der Waals surface area (Å²) in [7, 11) is 3.07. The van der Waals surface area contributed by atoms with E-state index in [0.29, 0.717) is 16.8 Å². The topological polar surface area (TPSA) is 93.4 Å². The van der Waals surface area contributed by atoms with Gasteiger partial charge in [-0.1, -0.05) is 0 Å². The molecule has 1 aromatic carbocycles. The molecule has 116 valence electrons. The molecule has 1 unspecified atom stereocenters. The molecule has 22 heavy (non-hydrogen) atoms. The first kappa shape index (κ1) is 15.6. The fourth-order valence-electron chi connectivity index (χ4n) is 2.09. The summed E-state index contributed by atoms with van der Waals surface area (Å²) >= 11 is 0. The van der Waals surface area contributed by atoms with Crippen LogP contribution in [0, 0.1) is 0 Å². The van der Waals surface area contributed by atoms with Crippen LogP contribution in [-0.2, 0) is 16.6 Å². The summed E-state index contributed by atoms with van der Waals surface area (Å²) in [5.41, 5.74) is 2.30. The second-order valence-corrected chi connectivity index (χ2v) is 4.80. The zero-order valence-corrected chi connectivity index (χ0v) is 12.5. The minimum absolute atomic E-state index is 0.341. The van der Waals surface area contributed by atoms with E-state index in [0.717, 1.165) is 5.69 Å². The molecule has 0 saturated heterocycles. The number of carbonyl (C=O) groups is 2. The Hall–Kier alpha value is -2.83. The van der Waals surface area contributed by atoms with Gasteiger partial charge in [0, 0.05) is 24.5 Å². The molecule has 1 atom stereocenters. The Balaban J connectivity index is 2.46. The summed E-state index contributed by atoms with van der Waals surface area (Å²) in [5.74, 6) is -1.47. The van der Waals surface area contributed by atoms with E-state index in [1.54, 1.807) is 42.2 Å². The van der Waals surface area contributed by atoms with Crippen LogP contribution in [0.15, 0.2) is 30.5 Å². The predicted molar refractivity (Wildman–Crippen MR) is 80.7 cm³/mol. The van der Waals surface area contributed by atoms with Crippen LogP contribution >= 0.6 is 0 Å². The summed E-state index contributed by atoms with van der Waals surface area (Å²) in [6.45, 7) is 1.52. The van der Waals surface area contributed by atoms with Gasteiger partial charge in [0.15, 0.2) is 0 Å². The van der Waals surface area contributed by atoms with Gasteiger partial charge >= 0.3 is 11.9 Å². The predicted octanol–water partition coefficient (Wildman–Crippen LogP) is 1.76. The van der Waals surface area contributed by atoms with Crippen molar-refractivity contribution in [3.8, 4) is 11.3 Å². The third kappa shape index (κ3) is 3.08. The lowest BCUT2D eigenvalue weighted by Gasteiger charge is -2.14. The van der Waals surface area contributed by atoms with Crippen LogP contribution in [0.2, 0.25) is 0 Å². The number of benzene rings is 1. The average Bonchev–Trinajstić information content (AvgIpc) is 2.92. The zero-order chi connectivity index (χ0) is 16.3. The molecule has 2 N–H and O–H groups in total. The fraction of sp³-hybridized carbons (Fsp3) is 0.267. The number of nitrogens with one attached hydrogen (secondary N) is 1. The van der Waals surface area contributed by atoms with Crippen LogP contribution in [0.4, 0.5) is 5.69 Å². The average molecular weight is 303 g/mol. The lowest BCUT2D eigenvalue weighted by atomic mass is 10.0. The highest BCUT2D eigenvalue weighted by atomic mass is 16.5. The van der Waals surface area contributed by atoms with E-state index < -0.39 is 18.0 Å². The van der Waals surface area contributed by atoms with E-state index in [4.69, 9.17) is 9.84 Å². The van der Waals surface area contributed by atoms with Crippen molar-refractivity contribution in [1.29, 1.82) is 0 Å². The molecule has 0 radical (unpaired) electrons. The first-order valence-corrected chi connectivity index (χ1v) is 6.64. The number of carboxylic acids is 1. The SMILES string of the molecule is COC(=O)c1cc(NC(C)C(=O)O)ccc1-c1ccnn1C. The van der Waals surface area contributed by atoms with Crippen molar-refractivity contribution < 1.29 is 19.4 Å². The summed E-state index contributed by atoms with van der Waals surface area (Å²) < 4.78 is 6.46. The quantitative estimate of drug-likeness (QED) is 0.817. The van der Waals surface area contributed by atoms with Gasteiger partial charge in [0.2, 0.25) is 0 Å². The first-order valence-electron chi connectivity index (χ1n) is 6.64. The molecule has 0 fully saturated rings. The van der Waals surface area contributed by atoms with Crippen molar-refractivity contribution in [2.45, 2.75) is 13.0 Å². The molecule has 1 aromatic heterocycles. The van der Waals surface area contributed by atoms with Gasteiger partial charge in [0.05, 0.1) is 18.4 Å². The standard InChI is InChI=1S/C15H17N3O4/c1-9(14(19)20)17-10-4-5-11(12(8-10)15(21)22-3)13-6-7-16-18(13)2/h4-9,17H,1-3H3,(H,19,20). The van der Waals surface area contributed by atoms with Gasteiger partial charge < -0.3 is 15.2 Å². The molecule has 7 nitrogen and oxygen atoms in total. The van der Waals surface area contributed by atoms with Gasteiger partial charge in [0.25, 0.3) is 0 Å². The highest BCUT2D eigenvalue weighted by molar-refractivity contribution is 5.98. The van der Waals surface area contributed by atoms with Gasteiger partial charge in [-0.05, 0) is 31.2 Å². The van der Waals surface area contributed by atoms with E-state index in [1.165, 1.54) is 14.0 Å². The van der Waals surface area contributed by atoms with Gasteiger partial charge in [-0.3, -0.25) is 9.48 Å². The number of aryl methyl sites for hydroxylation is 1. The van der Waals surface area contributed by atoms with Crippen LogP contribution < -0.4 is 5.32 Å². The maximum Gasteiger partial charge on any atom is 0.338 e. The third-order valence-corrected chi connectivity index (χ3v) is 3.28. The maximum atomic E-state index is 12.0. The Kier molecular flexibility index (Phi) is 4.45. The van der Waals surface area contributed by atoms with Crippen molar-refractivity contribution >= 4 is 17.6 Å². The summed E-state index contributed by atoms with van der Waals surface area (Å²) in [6.07, 6.45) is 1.63. The van der Waals surface area contributed by atoms with Crippen molar-refractivity contribution in [1.82, 2.24) is 9.78 Å². The molecule has 0 bridgehead atoms. The van der Waals surface area contributed by atoms with Crippen LogP contribution in [0.5, 0.6) is 0 Å². The zero-order valence-electron chi connectivity index (χ0n) is 12.5. The lowest BCUT2D eigenvalue weighted by Crippen LogP contribution is -2.25. The second-order valence-electron chi connectivity index (χ2n) is 4.80. The maximum absolute atomic E-state index is 12.0. The Morgan fingerprint density at radius 3 is 2.64 bits per heavy atom. The number of aromatic nitrogens is 2. The Morgan fingerprint density at radius 2 is 2.09 bits per heavy atom. The molecule has 1 heterocycles. The number of aliphatic carboxylic acids is 1. The van der Waals surface area contributed by atoms with Crippen molar-refractivity contribution in [2.75, 3.05) is 12.4 Å². The summed E-state index contributed by atoms with van der Waals surface area (Å²) in [5, 5.41) is 15.8. The van der Waals surface area contributed by atoms with Crippen molar-refractivity contribution in [3.05, 3.63) is 36.0 Å². The van der Waals surface area contributed by atoms with Crippen LogP contribution in [-0.4, -0.2) is 40.0 Å². The van der Waals surface area contributed by atoms with Crippen molar-refractivity contribution in [2.24, 2.45) is 7.05 Å². The van der Waals surface area contributed by atoms with E-state index in [1.807, 2.05) is 0 Å². The molecule has 2 aromatic rings. The molecule has 0 amide bonds. The molecule has 7 heteroatoms. The molecule has 0 saturated carbocycles. The normalized spacial score (nSPS) is 11.8. The lowest BCUT2D eigenvalue weighted by molar-refractivity contribution is -0.137. The van der Waals surface area contributed by atoms with Gasteiger partial charge in [-0.2, -0.15) is 5.10 Å². The number of esters is 1. The number of hydrogen-bond donors (Lipinski definition) is 2. The smallest absolute Gasteiger partial charge is 0.338 e. The first-order chi connectivity index (χ1) is 10.4. The third-order valence-electron chi connectivity index (χ3n) is 3.28. The molecule has 0 aliphatic carbocycles. The number of methoxy groups -OCH3 is 1. The van der Waals surface area contributed by atoms with E-state index in [2.05, 4.69) is 10.4 Å². The largest absolute Gasteiger partial charge is 0.480 e. The molecule has 0 aliphatic rings. The Morgan fingerprint density at radius 1 is 1.36 bits per heavy atom. The number of carboxylic acid groups (broad SMARTS) is 1. The minimum atomic E-state index is -0.977. The monoisotopic (exact) mass is 303 g/mol. The number of rotatable bonds is 5. The number of ether oxygens (including phenoxy) is 1. The number of hydrogen-bond acceptors (Lipinski definition) is 5. The Labute approximate surface area is 127 Å². The number of carbonyl (C=O) groups excluding carboxylic acids is 1. The molecule has 0 aliphatic heterocycles. The van der Waals surface area contributed by atoms with Crippen LogP contribution in [0.1, 0.15) is 17.3 Å². The highest BCUT2D eigenvalue weighted by Crippen LogP contribution is 2.27. The van der Waals surface area contributed by atoms with Crippen LogP contribution in [0.3, 0.4) is 0 Å². The van der Waals surface area contributed by atoms with E-state index in [9.17, 15) is 9.59 Å². The van der Waals surface area contributed by atoms with Gasteiger partial charge in [-0.25, -0.2) is 4.79 Å². The minimum Gasteiger partial charge on any atom is -0.480 e. The number of nitrogens with zero attached hydrogens (tertiary/aromatic N) is 2. The summed E-state index contributed by atoms with van der Waals surface area (Å²) in [6, 6.07) is 6.05. The molecule has 0 spiro atoms. The van der Waals surface area contributed by atoms with Gasteiger partial charge in [-0.15, -0.1) is 0 Å². The van der Waals surface area contributed by atoms with Crippen molar-refractivity contribution in [3.63, 3.8) is 0 Å². The van der Waals surface area contributed by atoms with Crippen LogP contribution in [0.25, 0.3) is 11.3 Å². The van der Waals surface area contributed by atoms with E-state index >= 15 is 0 Å². The highest BCUT2D eigenvalue weighted by Gasteiger charge is 2.18. The Bertz CT molecular complexity index is 709. The summed E-state index contributed by atoms with van der Waals surface area (Å²) in [4.78, 5) is 22.9. The number of anilines is 1.